The highest BCUT2D eigenvalue weighted by Crippen LogP contribution is 2.29. The lowest BCUT2D eigenvalue weighted by atomic mass is 10.2. The molecule has 2 aromatic heterocycles. The number of hydrogen-bond donors (Lipinski definition) is 1. The molecule has 6 heteroatoms. The molecule has 1 amide bonds. The fourth-order valence-corrected chi connectivity index (χ4v) is 3.06. The molecule has 1 aliphatic rings. The van der Waals surface area contributed by atoms with Crippen LogP contribution in [0.15, 0.2) is 40.5 Å². The Kier molecular flexibility index (Phi) is 3.39. The molecule has 0 aromatic carbocycles. The second kappa shape index (κ2) is 5.21. The van der Waals surface area contributed by atoms with Gasteiger partial charge in [0.15, 0.2) is 5.17 Å². The average Bonchev–Trinajstić information content (AvgIpc) is 2.91. The Labute approximate surface area is 126 Å². The van der Waals surface area contributed by atoms with Gasteiger partial charge in [-0.3, -0.25) is 9.78 Å². The predicted octanol–water partition coefficient (Wildman–Crippen LogP) is 2.42. The summed E-state index contributed by atoms with van der Waals surface area (Å²) in [7, 11) is 0. The molecule has 2 aromatic rings. The van der Waals surface area contributed by atoms with E-state index in [1.54, 1.807) is 6.20 Å². The molecular weight excluding hydrogens is 284 g/mol. The highest BCUT2D eigenvalue weighted by Gasteiger charge is 2.20. The number of amides is 1. The third kappa shape index (κ3) is 2.50. The van der Waals surface area contributed by atoms with Gasteiger partial charge in [-0.1, -0.05) is 0 Å². The van der Waals surface area contributed by atoms with Crippen LogP contribution >= 0.6 is 11.8 Å². The van der Waals surface area contributed by atoms with E-state index in [1.807, 2.05) is 44.3 Å². The van der Waals surface area contributed by atoms with Crippen LogP contribution in [0.2, 0.25) is 0 Å². The maximum Gasteiger partial charge on any atom is 0.286 e. The molecule has 0 unspecified atom stereocenters. The third-order valence-corrected chi connectivity index (χ3v) is 4.11. The highest BCUT2D eigenvalue weighted by molar-refractivity contribution is 8.18. The Morgan fingerprint density at radius 1 is 1.38 bits per heavy atom. The van der Waals surface area contributed by atoms with E-state index in [0.29, 0.717) is 10.1 Å². The Morgan fingerprint density at radius 2 is 2.19 bits per heavy atom. The average molecular weight is 298 g/mol. The summed E-state index contributed by atoms with van der Waals surface area (Å²) in [5.41, 5.74) is 9.68. The number of hydrogen-bond acceptors (Lipinski definition) is 4. The molecule has 5 nitrogen and oxygen atoms in total. The van der Waals surface area contributed by atoms with E-state index in [0.717, 1.165) is 22.6 Å². The van der Waals surface area contributed by atoms with Gasteiger partial charge in [-0.15, -0.1) is 0 Å². The molecule has 2 N–H and O–H groups in total. The number of thioether (sulfide) groups is 1. The van der Waals surface area contributed by atoms with Crippen LogP contribution in [0.4, 0.5) is 0 Å². The van der Waals surface area contributed by atoms with E-state index in [9.17, 15) is 4.79 Å². The van der Waals surface area contributed by atoms with Crippen LogP contribution in [0.25, 0.3) is 11.8 Å². The third-order valence-electron chi connectivity index (χ3n) is 3.30. The summed E-state index contributed by atoms with van der Waals surface area (Å²) in [6, 6.07) is 5.94. The second-order valence-corrected chi connectivity index (χ2v) is 5.80. The molecule has 21 heavy (non-hydrogen) atoms. The number of pyridine rings is 1. The van der Waals surface area contributed by atoms with Crippen molar-refractivity contribution in [2.24, 2.45) is 10.7 Å². The van der Waals surface area contributed by atoms with Crippen LogP contribution in [-0.2, 0) is 4.79 Å². The van der Waals surface area contributed by atoms with Crippen molar-refractivity contribution in [3.8, 4) is 5.69 Å². The van der Waals surface area contributed by atoms with Gasteiger partial charge in [0.2, 0.25) is 0 Å². The number of carbonyl (C=O) groups excluding carboxylic acids is 1. The zero-order chi connectivity index (χ0) is 15.0. The van der Waals surface area contributed by atoms with E-state index in [2.05, 4.69) is 14.5 Å². The molecule has 0 saturated carbocycles. The van der Waals surface area contributed by atoms with Crippen LogP contribution in [0.1, 0.15) is 17.0 Å². The molecule has 0 saturated heterocycles. The van der Waals surface area contributed by atoms with Crippen LogP contribution in [0.5, 0.6) is 0 Å². The van der Waals surface area contributed by atoms with Crippen molar-refractivity contribution in [2.45, 2.75) is 13.8 Å². The monoisotopic (exact) mass is 298 g/mol. The summed E-state index contributed by atoms with van der Waals surface area (Å²) in [5, 5.41) is 0.298. The summed E-state index contributed by atoms with van der Waals surface area (Å²) in [5.74, 6) is -0.274. The summed E-state index contributed by atoms with van der Waals surface area (Å²) in [6.45, 7) is 4.04. The van der Waals surface area contributed by atoms with Gasteiger partial charge in [0.05, 0.1) is 16.8 Å². The molecule has 0 radical (unpaired) electrons. The second-order valence-electron chi connectivity index (χ2n) is 4.74. The number of aryl methyl sites for hydroxylation is 1. The van der Waals surface area contributed by atoms with E-state index in [-0.39, 0.29) is 5.91 Å². The van der Waals surface area contributed by atoms with Gasteiger partial charge >= 0.3 is 0 Å². The van der Waals surface area contributed by atoms with Crippen molar-refractivity contribution < 1.29 is 4.79 Å². The maximum atomic E-state index is 11.7. The zero-order valence-corrected chi connectivity index (χ0v) is 12.5. The standard InChI is InChI=1S/C15H14N4OS/c1-9-6-11(7-13-14(20)18-15(16)21-13)10(2)19(9)12-4-3-5-17-8-12/h3-8H,1-2H3,(H2,16,18,20). The SMILES string of the molecule is Cc1cc(C=C2SC(N)=NC2=O)c(C)n1-c1cccnc1. The summed E-state index contributed by atoms with van der Waals surface area (Å²) < 4.78 is 2.10. The Bertz CT molecular complexity index is 774. The topological polar surface area (TPSA) is 73.3 Å². The number of aromatic nitrogens is 2. The van der Waals surface area contributed by atoms with Crippen molar-refractivity contribution in [1.29, 1.82) is 0 Å². The van der Waals surface area contributed by atoms with Gasteiger partial charge in [0.25, 0.3) is 5.91 Å². The van der Waals surface area contributed by atoms with Crippen LogP contribution in [0.3, 0.4) is 0 Å². The smallest absolute Gasteiger partial charge is 0.286 e. The van der Waals surface area contributed by atoms with Crippen molar-refractivity contribution in [3.05, 3.63) is 52.4 Å². The van der Waals surface area contributed by atoms with Gasteiger partial charge in [0, 0.05) is 17.6 Å². The van der Waals surface area contributed by atoms with Crippen molar-refractivity contribution in [2.75, 3.05) is 0 Å². The van der Waals surface area contributed by atoms with Crippen molar-refractivity contribution in [1.82, 2.24) is 9.55 Å². The number of rotatable bonds is 2. The van der Waals surface area contributed by atoms with E-state index in [4.69, 9.17) is 5.73 Å². The summed E-state index contributed by atoms with van der Waals surface area (Å²) in [4.78, 5) is 20.1. The maximum absolute atomic E-state index is 11.7. The fraction of sp³-hybridized carbons (Fsp3) is 0.133. The number of carbonyl (C=O) groups is 1. The van der Waals surface area contributed by atoms with Gasteiger partial charge in [-0.05, 0) is 55.4 Å². The van der Waals surface area contributed by atoms with E-state index >= 15 is 0 Å². The molecule has 0 bridgehead atoms. The molecular formula is C15H14N4OS. The lowest BCUT2D eigenvalue weighted by molar-refractivity contribution is -0.113. The van der Waals surface area contributed by atoms with Gasteiger partial charge < -0.3 is 10.3 Å². The molecule has 0 aliphatic carbocycles. The normalized spacial score (nSPS) is 16.6. The minimum Gasteiger partial charge on any atom is -0.378 e. The lowest BCUT2D eigenvalue weighted by Crippen LogP contribution is -2.01. The quantitative estimate of drug-likeness (QED) is 0.864. The number of amidine groups is 1. The largest absolute Gasteiger partial charge is 0.378 e. The zero-order valence-electron chi connectivity index (χ0n) is 11.7. The fourth-order valence-electron chi connectivity index (χ4n) is 2.38. The highest BCUT2D eigenvalue weighted by atomic mass is 32.2. The van der Waals surface area contributed by atoms with Crippen LogP contribution in [0, 0.1) is 13.8 Å². The molecule has 0 atom stereocenters. The summed E-state index contributed by atoms with van der Waals surface area (Å²) in [6.07, 6.45) is 5.40. The van der Waals surface area contributed by atoms with Gasteiger partial charge in [0.1, 0.15) is 0 Å². The number of nitrogens with two attached hydrogens (primary N) is 1. The number of aliphatic imine (C=N–C) groups is 1. The first-order valence-corrected chi connectivity index (χ1v) is 7.25. The first-order chi connectivity index (χ1) is 10.1. The molecule has 0 spiro atoms. The van der Waals surface area contributed by atoms with Crippen molar-refractivity contribution in [3.63, 3.8) is 0 Å². The minimum atomic E-state index is -0.274. The predicted molar refractivity (Wildman–Crippen MR) is 85.2 cm³/mol. The first-order valence-electron chi connectivity index (χ1n) is 6.43. The van der Waals surface area contributed by atoms with E-state index in [1.165, 1.54) is 11.8 Å². The molecule has 0 fully saturated rings. The minimum absolute atomic E-state index is 0.274. The van der Waals surface area contributed by atoms with Crippen LogP contribution < -0.4 is 5.73 Å². The van der Waals surface area contributed by atoms with Crippen molar-refractivity contribution >= 4 is 28.9 Å². The first kappa shape index (κ1) is 13.6. The lowest BCUT2D eigenvalue weighted by Gasteiger charge is -2.08. The van der Waals surface area contributed by atoms with Gasteiger partial charge in [-0.2, -0.15) is 4.99 Å². The van der Waals surface area contributed by atoms with Crippen LogP contribution in [-0.4, -0.2) is 20.6 Å². The number of nitrogens with zero attached hydrogens (tertiary/aromatic N) is 3. The summed E-state index contributed by atoms with van der Waals surface area (Å²) >= 11 is 1.21. The molecule has 3 rings (SSSR count). The van der Waals surface area contributed by atoms with E-state index < -0.39 is 0 Å². The molecule has 106 valence electrons. The molecule has 1 aliphatic heterocycles. The Hall–Kier alpha value is -2.34. The van der Waals surface area contributed by atoms with Gasteiger partial charge in [-0.25, -0.2) is 0 Å². The Balaban J connectivity index is 2.04. The molecule has 3 heterocycles. The Morgan fingerprint density at radius 3 is 2.81 bits per heavy atom.